The van der Waals surface area contributed by atoms with Crippen molar-refractivity contribution in [2.75, 3.05) is 0 Å². The van der Waals surface area contributed by atoms with Crippen molar-refractivity contribution in [3.63, 3.8) is 0 Å². The van der Waals surface area contributed by atoms with Crippen LogP contribution in [0.15, 0.2) is 24.3 Å². The summed E-state index contributed by atoms with van der Waals surface area (Å²) in [5.74, 6) is -1.87. The summed E-state index contributed by atoms with van der Waals surface area (Å²) in [6.45, 7) is 5.02. The van der Waals surface area contributed by atoms with Crippen LogP contribution in [0.5, 0.6) is 0 Å². The zero-order chi connectivity index (χ0) is 17.8. The quantitative estimate of drug-likeness (QED) is 0.528. The van der Waals surface area contributed by atoms with Crippen molar-refractivity contribution in [3.8, 4) is 0 Å². The molecule has 0 aromatic heterocycles. The molecule has 0 fully saturated rings. The summed E-state index contributed by atoms with van der Waals surface area (Å²) in [6.07, 6.45) is 1.60. The van der Waals surface area contributed by atoms with Crippen LogP contribution in [0.3, 0.4) is 0 Å². The SMILES string of the molecule is Cc1ccc(CCCC(=O)C(C)(C)C(N)[C@](N)(O)C(=O)O)cc1. The predicted octanol–water partition coefficient (Wildman–Crippen LogP) is 0.972. The number of hydrogen-bond donors (Lipinski definition) is 4. The van der Waals surface area contributed by atoms with Gasteiger partial charge in [0.25, 0.3) is 0 Å². The monoisotopic (exact) mass is 322 g/mol. The van der Waals surface area contributed by atoms with E-state index in [9.17, 15) is 14.7 Å². The van der Waals surface area contributed by atoms with Crippen molar-refractivity contribution in [2.45, 2.75) is 51.8 Å². The van der Waals surface area contributed by atoms with E-state index in [1.807, 2.05) is 31.2 Å². The van der Waals surface area contributed by atoms with E-state index in [2.05, 4.69) is 0 Å². The minimum absolute atomic E-state index is 0.220. The number of aliphatic carboxylic acids is 1. The van der Waals surface area contributed by atoms with Crippen LogP contribution in [0.25, 0.3) is 0 Å². The maximum atomic E-state index is 12.4. The fourth-order valence-electron chi connectivity index (χ4n) is 2.39. The molecule has 128 valence electrons. The Kier molecular flexibility index (Phi) is 6.04. The first-order valence-corrected chi connectivity index (χ1v) is 7.58. The van der Waals surface area contributed by atoms with Gasteiger partial charge in [-0.3, -0.25) is 10.5 Å². The van der Waals surface area contributed by atoms with Gasteiger partial charge in [0.1, 0.15) is 5.78 Å². The second-order valence-corrected chi connectivity index (χ2v) is 6.59. The Morgan fingerprint density at radius 2 is 1.74 bits per heavy atom. The number of nitrogens with two attached hydrogens (primary N) is 2. The number of aryl methyl sites for hydroxylation is 2. The number of aliphatic hydroxyl groups is 1. The third kappa shape index (κ3) is 4.60. The fraction of sp³-hybridized carbons (Fsp3) is 0.529. The van der Waals surface area contributed by atoms with Gasteiger partial charge in [-0.2, -0.15) is 0 Å². The van der Waals surface area contributed by atoms with E-state index in [0.717, 1.165) is 12.0 Å². The summed E-state index contributed by atoms with van der Waals surface area (Å²) >= 11 is 0. The molecule has 6 nitrogen and oxygen atoms in total. The first-order chi connectivity index (χ1) is 10.5. The average molecular weight is 322 g/mol. The maximum Gasteiger partial charge on any atom is 0.352 e. The van der Waals surface area contributed by atoms with Gasteiger partial charge in [-0.1, -0.05) is 43.7 Å². The first kappa shape index (κ1) is 19.3. The van der Waals surface area contributed by atoms with Crippen molar-refractivity contribution in [2.24, 2.45) is 16.9 Å². The molecule has 0 amide bonds. The lowest BCUT2D eigenvalue weighted by molar-refractivity contribution is -0.165. The minimum atomic E-state index is -2.64. The Balaban J connectivity index is 2.65. The number of carbonyl (C=O) groups is 2. The number of Topliss-reactive ketones (excluding diaryl/α,β-unsaturated/α-hetero) is 1. The van der Waals surface area contributed by atoms with Crippen molar-refractivity contribution in [1.82, 2.24) is 0 Å². The number of carbonyl (C=O) groups excluding carboxylic acids is 1. The molecule has 0 aliphatic heterocycles. The number of carboxylic acids is 1. The van der Waals surface area contributed by atoms with Crippen LogP contribution >= 0.6 is 0 Å². The van der Waals surface area contributed by atoms with Gasteiger partial charge in [-0.15, -0.1) is 0 Å². The summed E-state index contributed by atoms with van der Waals surface area (Å²) in [5.41, 5.74) is 9.51. The van der Waals surface area contributed by atoms with Gasteiger partial charge >= 0.3 is 5.97 Å². The molecular formula is C17H26N2O4. The third-order valence-electron chi connectivity index (χ3n) is 4.30. The van der Waals surface area contributed by atoms with Crippen LogP contribution in [-0.4, -0.2) is 33.7 Å². The summed E-state index contributed by atoms with van der Waals surface area (Å²) in [5, 5.41) is 18.7. The molecule has 1 aromatic carbocycles. The molecule has 1 aromatic rings. The summed E-state index contributed by atoms with van der Waals surface area (Å²) in [4.78, 5) is 23.4. The molecule has 6 N–H and O–H groups in total. The fourth-order valence-corrected chi connectivity index (χ4v) is 2.39. The van der Waals surface area contributed by atoms with Crippen molar-refractivity contribution in [1.29, 1.82) is 0 Å². The lowest BCUT2D eigenvalue weighted by atomic mass is 9.74. The molecule has 0 bridgehead atoms. The largest absolute Gasteiger partial charge is 0.478 e. The Hall–Kier alpha value is -1.76. The molecule has 1 unspecified atom stereocenters. The highest BCUT2D eigenvalue weighted by Gasteiger charge is 2.49. The molecule has 6 heteroatoms. The van der Waals surface area contributed by atoms with Gasteiger partial charge in [0, 0.05) is 11.8 Å². The first-order valence-electron chi connectivity index (χ1n) is 7.58. The highest BCUT2D eigenvalue weighted by molar-refractivity contribution is 5.87. The summed E-state index contributed by atoms with van der Waals surface area (Å²) in [6, 6.07) is 6.65. The second-order valence-electron chi connectivity index (χ2n) is 6.59. The average Bonchev–Trinajstić information content (AvgIpc) is 2.48. The highest BCUT2D eigenvalue weighted by atomic mass is 16.4. The topological polar surface area (TPSA) is 127 Å². The Morgan fingerprint density at radius 3 is 2.22 bits per heavy atom. The van der Waals surface area contributed by atoms with Gasteiger partial charge in [-0.25, -0.2) is 4.79 Å². The van der Waals surface area contributed by atoms with E-state index in [1.54, 1.807) is 0 Å². The summed E-state index contributed by atoms with van der Waals surface area (Å²) in [7, 11) is 0. The standard InChI is InChI=1S/C17H26N2O4/c1-11-7-9-12(10-8-11)5-4-6-13(20)16(2,3)14(18)17(19,23)15(21)22/h7-10,14,23H,4-6,18-19H2,1-3H3,(H,21,22)/t14?,17-/m0/s1. The van der Waals surface area contributed by atoms with Crippen LogP contribution in [0.2, 0.25) is 0 Å². The van der Waals surface area contributed by atoms with Crippen LogP contribution in [-0.2, 0) is 16.0 Å². The molecule has 1 rings (SSSR count). The Bertz CT molecular complexity index is 564. The molecule has 0 spiro atoms. The van der Waals surface area contributed by atoms with E-state index in [0.29, 0.717) is 6.42 Å². The summed E-state index contributed by atoms with van der Waals surface area (Å²) < 4.78 is 0. The molecule has 0 radical (unpaired) electrons. The third-order valence-corrected chi connectivity index (χ3v) is 4.30. The molecule has 2 atom stereocenters. The van der Waals surface area contributed by atoms with E-state index >= 15 is 0 Å². The molecule has 0 saturated heterocycles. The lowest BCUT2D eigenvalue weighted by Crippen LogP contribution is -2.67. The van der Waals surface area contributed by atoms with E-state index in [1.165, 1.54) is 19.4 Å². The molecule has 0 aliphatic rings. The van der Waals surface area contributed by atoms with Gasteiger partial charge < -0.3 is 15.9 Å². The van der Waals surface area contributed by atoms with Gasteiger partial charge in [0.15, 0.2) is 0 Å². The molecule has 0 heterocycles. The number of rotatable bonds is 8. The number of hydrogen-bond acceptors (Lipinski definition) is 5. The van der Waals surface area contributed by atoms with E-state index < -0.39 is 23.2 Å². The molecule has 23 heavy (non-hydrogen) atoms. The molecule has 0 saturated carbocycles. The Morgan fingerprint density at radius 1 is 1.22 bits per heavy atom. The smallest absolute Gasteiger partial charge is 0.352 e. The van der Waals surface area contributed by atoms with Gasteiger partial charge in [0.05, 0.1) is 6.04 Å². The highest BCUT2D eigenvalue weighted by Crippen LogP contribution is 2.28. The zero-order valence-electron chi connectivity index (χ0n) is 13.9. The van der Waals surface area contributed by atoms with Crippen LogP contribution in [0.4, 0.5) is 0 Å². The van der Waals surface area contributed by atoms with E-state index in [4.69, 9.17) is 16.6 Å². The van der Waals surface area contributed by atoms with Crippen LogP contribution < -0.4 is 11.5 Å². The molecule has 0 aliphatic carbocycles. The van der Waals surface area contributed by atoms with Crippen molar-refractivity contribution in [3.05, 3.63) is 35.4 Å². The normalized spacial score (nSPS) is 15.7. The lowest BCUT2D eigenvalue weighted by Gasteiger charge is -2.37. The minimum Gasteiger partial charge on any atom is -0.478 e. The second kappa shape index (κ2) is 7.21. The van der Waals surface area contributed by atoms with Crippen molar-refractivity contribution < 1.29 is 19.8 Å². The van der Waals surface area contributed by atoms with Crippen LogP contribution in [0, 0.1) is 12.3 Å². The predicted molar refractivity (Wildman–Crippen MR) is 87.7 cm³/mol. The zero-order valence-corrected chi connectivity index (χ0v) is 13.9. The maximum absolute atomic E-state index is 12.4. The Labute approximate surface area is 136 Å². The van der Waals surface area contributed by atoms with E-state index in [-0.39, 0.29) is 12.2 Å². The number of carboxylic acid groups (broad SMARTS) is 1. The van der Waals surface area contributed by atoms with Gasteiger partial charge in [0.2, 0.25) is 5.72 Å². The number of ketones is 1. The van der Waals surface area contributed by atoms with Crippen molar-refractivity contribution >= 4 is 11.8 Å². The molecular weight excluding hydrogens is 296 g/mol. The van der Waals surface area contributed by atoms with Gasteiger partial charge in [-0.05, 0) is 25.3 Å². The van der Waals surface area contributed by atoms with Crippen LogP contribution in [0.1, 0.15) is 37.8 Å². The number of benzene rings is 1.